The molecule has 0 aromatic heterocycles. The predicted octanol–water partition coefficient (Wildman–Crippen LogP) is 6.93. The topological polar surface area (TPSA) is 89.8 Å². The molecule has 1 aliphatic rings. The summed E-state index contributed by atoms with van der Waals surface area (Å²) in [5.41, 5.74) is 3.66. The maximum Gasteiger partial charge on any atom is 0.293 e. The number of hydrogen-bond donors (Lipinski definition) is 0. The number of halogens is 2. The molecule has 1 saturated heterocycles. The first-order valence-corrected chi connectivity index (χ1v) is 13.3. The highest BCUT2D eigenvalue weighted by Crippen LogP contribution is 2.36. The van der Waals surface area contributed by atoms with E-state index < -0.39 is 4.92 Å². The number of non-ortho nitro benzene ring substituents is 1. The van der Waals surface area contributed by atoms with Gasteiger partial charge in [0.2, 0.25) is 0 Å². The number of rotatable bonds is 7. The quantitative estimate of drug-likeness (QED) is 0.114. The van der Waals surface area contributed by atoms with Gasteiger partial charge in [-0.3, -0.25) is 24.6 Å². The van der Waals surface area contributed by atoms with Crippen molar-refractivity contribution >= 4 is 79.9 Å². The summed E-state index contributed by atoms with van der Waals surface area (Å²) in [6, 6.07) is 17.8. The number of carbonyl (C=O) groups is 2. The van der Waals surface area contributed by atoms with Gasteiger partial charge >= 0.3 is 0 Å². The van der Waals surface area contributed by atoms with Gasteiger partial charge in [0.25, 0.3) is 16.8 Å². The molecule has 0 saturated carbocycles. The van der Waals surface area contributed by atoms with Crippen molar-refractivity contribution < 1.29 is 19.2 Å². The van der Waals surface area contributed by atoms with Crippen LogP contribution in [0.2, 0.25) is 0 Å². The molecule has 3 aromatic carbocycles. The van der Waals surface area contributed by atoms with Crippen LogP contribution in [0.5, 0.6) is 5.75 Å². The standard InChI is InChI=1S/C25H18I2N2O5S/c1-15-2-4-17(5-3-15)14-34-23-20(26)10-18(11-21(23)27)12-22-24(30)28(25(31)35-22)13-16-6-8-19(9-7-16)29(32)33/h2-12H,13-14H2,1H3/b22-12-. The van der Waals surface area contributed by atoms with E-state index in [1.165, 1.54) is 17.7 Å². The lowest BCUT2D eigenvalue weighted by Crippen LogP contribution is -2.27. The molecule has 2 amide bonds. The first-order chi connectivity index (χ1) is 16.7. The number of aryl methyl sites for hydroxylation is 1. The van der Waals surface area contributed by atoms with E-state index in [1.54, 1.807) is 18.2 Å². The number of nitrogens with zero attached hydrogens (tertiary/aromatic N) is 2. The van der Waals surface area contributed by atoms with Gasteiger partial charge in [0.05, 0.1) is 23.5 Å². The molecule has 35 heavy (non-hydrogen) atoms. The largest absolute Gasteiger partial charge is 0.487 e. The number of amides is 2. The average Bonchev–Trinajstić information content (AvgIpc) is 3.07. The lowest BCUT2D eigenvalue weighted by atomic mass is 10.1. The smallest absolute Gasteiger partial charge is 0.293 e. The van der Waals surface area contributed by atoms with Crippen molar-refractivity contribution in [3.63, 3.8) is 0 Å². The average molecular weight is 712 g/mol. The number of ether oxygens (including phenoxy) is 1. The number of nitro benzene ring substituents is 1. The van der Waals surface area contributed by atoms with Crippen molar-refractivity contribution in [1.29, 1.82) is 0 Å². The maximum atomic E-state index is 12.9. The molecular weight excluding hydrogens is 694 g/mol. The SMILES string of the molecule is Cc1ccc(COc2c(I)cc(/C=C3\SC(=O)N(Cc4ccc([N+](=O)[O-])cc4)C3=O)cc2I)cc1. The number of nitro groups is 1. The Kier molecular flexibility index (Phi) is 8.12. The van der Waals surface area contributed by atoms with Crippen LogP contribution in [0.3, 0.4) is 0 Å². The van der Waals surface area contributed by atoms with Crippen LogP contribution in [0.1, 0.15) is 22.3 Å². The fraction of sp³-hybridized carbons (Fsp3) is 0.120. The Bertz CT molecular complexity index is 1320. The lowest BCUT2D eigenvalue weighted by Gasteiger charge is -2.13. The molecule has 0 atom stereocenters. The molecule has 178 valence electrons. The van der Waals surface area contributed by atoms with Crippen LogP contribution in [-0.2, 0) is 17.9 Å². The zero-order valence-electron chi connectivity index (χ0n) is 18.4. The van der Waals surface area contributed by atoms with Crippen LogP contribution in [0, 0.1) is 24.2 Å². The number of benzene rings is 3. The van der Waals surface area contributed by atoms with Crippen molar-refractivity contribution in [3.8, 4) is 5.75 Å². The van der Waals surface area contributed by atoms with E-state index in [4.69, 9.17) is 4.74 Å². The van der Waals surface area contributed by atoms with Gasteiger partial charge in [-0.25, -0.2) is 0 Å². The highest BCUT2D eigenvalue weighted by molar-refractivity contribution is 14.1. The molecule has 0 unspecified atom stereocenters. The minimum absolute atomic E-state index is 0.0433. The predicted molar refractivity (Wildman–Crippen MR) is 152 cm³/mol. The summed E-state index contributed by atoms with van der Waals surface area (Å²) < 4.78 is 7.85. The summed E-state index contributed by atoms with van der Waals surface area (Å²) in [7, 11) is 0. The second-order valence-electron chi connectivity index (χ2n) is 7.78. The van der Waals surface area contributed by atoms with Gasteiger partial charge in [0.15, 0.2) is 0 Å². The van der Waals surface area contributed by atoms with Crippen molar-refractivity contribution in [2.75, 3.05) is 0 Å². The molecule has 0 bridgehead atoms. The molecule has 1 heterocycles. The Hall–Kier alpha value is -2.45. The van der Waals surface area contributed by atoms with Crippen LogP contribution in [-0.4, -0.2) is 21.0 Å². The van der Waals surface area contributed by atoms with Crippen LogP contribution in [0.15, 0.2) is 65.6 Å². The molecule has 1 fully saturated rings. The second-order valence-corrected chi connectivity index (χ2v) is 11.1. The van der Waals surface area contributed by atoms with Crippen molar-refractivity contribution in [1.82, 2.24) is 4.90 Å². The van der Waals surface area contributed by atoms with E-state index in [9.17, 15) is 19.7 Å². The summed E-state index contributed by atoms with van der Waals surface area (Å²) in [5, 5.41) is 10.5. The molecule has 0 spiro atoms. The third-order valence-electron chi connectivity index (χ3n) is 5.18. The van der Waals surface area contributed by atoms with Crippen molar-refractivity contribution in [3.05, 3.63) is 105 Å². The number of thioether (sulfide) groups is 1. The highest BCUT2D eigenvalue weighted by Gasteiger charge is 2.35. The third-order valence-corrected chi connectivity index (χ3v) is 7.69. The van der Waals surface area contributed by atoms with Gasteiger partial charge in [0, 0.05) is 12.1 Å². The van der Waals surface area contributed by atoms with Gasteiger partial charge in [-0.15, -0.1) is 0 Å². The van der Waals surface area contributed by atoms with E-state index >= 15 is 0 Å². The second kappa shape index (κ2) is 11.1. The molecule has 3 aromatic rings. The molecule has 10 heteroatoms. The fourth-order valence-electron chi connectivity index (χ4n) is 3.33. The molecule has 0 aliphatic carbocycles. The summed E-state index contributed by atoms with van der Waals surface area (Å²) in [6.07, 6.45) is 1.70. The Morgan fingerprint density at radius 3 is 2.20 bits per heavy atom. The number of imide groups is 1. The zero-order chi connectivity index (χ0) is 25.1. The van der Waals surface area contributed by atoms with Crippen LogP contribution in [0.4, 0.5) is 10.5 Å². The minimum Gasteiger partial charge on any atom is -0.487 e. The van der Waals surface area contributed by atoms with E-state index in [-0.39, 0.29) is 23.4 Å². The van der Waals surface area contributed by atoms with E-state index in [0.717, 1.165) is 40.7 Å². The molecule has 0 N–H and O–H groups in total. The monoisotopic (exact) mass is 712 g/mol. The summed E-state index contributed by atoms with van der Waals surface area (Å²) >= 11 is 5.29. The van der Waals surface area contributed by atoms with Crippen LogP contribution in [0.25, 0.3) is 6.08 Å². The number of carbonyl (C=O) groups excluding carboxylic acids is 2. The van der Waals surface area contributed by atoms with Crippen LogP contribution < -0.4 is 4.74 Å². The summed E-state index contributed by atoms with van der Waals surface area (Å²) in [6.45, 7) is 2.55. The highest BCUT2D eigenvalue weighted by atomic mass is 127. The summed E-state index contributed by atoms with van der Waals surface area (Å²) in [5.74, 6) is 0.387. The first-order valence-electron chi connectivity index (χ1n) is 10.4. The Labute approximate surface area is 233 Å². The molecule has 0 radical (unpaired) electrons. The first kappa shape index (κ1) is 25.6. The van der Waals surface area contributed by atoms with Gasteiger partial charge in [-0.2, -0.15) is 0 Å². The maximum absolute atomic E-state index is 12.9. The fourth-order valence-corrected chi connectivity index (χ4v) is 6.30. The Morgan fingerprint density at radius 1 is 1.00 bits per heavy atom. The zero-order valence-corrected chi connectivity index (χ0v) is 23.5. The minimum atomic E-state index is -0.492. The molecule has 7 nitrogen and oxygen atoms in total. The molecule has 4 rings (SSSR count). The van der Waals surface area contributed by atoms with Gasteiger partial charge in [-0.05, 0) is 98.8 Å². The summed E-state index contributed by atoms with van der Waals surface area (Å²) in [4.78, 5) is 37.2. The molecular formula is C25H18I2N2O5S. The van der Waals surface area contributed by atoms with Gasteiger partial charge in [0.1, 0.15) is 12.4 Å². The number of hydrogen-bond acceptors (Lipinski definition) is 6. The lowest BCUT2D eigenvalue weighted by molar-refractivity contribution is -0.384. The van der Waals surface area contributed by atoms with Crippen LogP contribution >= 0.6 is 56.9 Å². The van der Waals surface area contributed by atoms with E-state index in [2.05, 4.69) is 45.2 Å². The van der Waals surface area contributed by atoms with Crippen molar-refractivity contribution in [2.24, 2.45) is 0 Å². The van der Waals surface area contributed by atoms with Gasteiger partial charge < -0.3 is 4.74 Å². The van der Waals surface area contributed by atoms with E-state index in [1.807, 2.05) is 43.3 Å². The Morgan fingerprint density at radius 2 is 1.60 bits per heavy atom. The normalized spacial score (nSPS) is 14.6. The third kappa shape index (κ3) is 6.22. The van der Waals surface area contributed by atoms with Gasteiger partial charge in [-0.1, -0.05) is 42.0 Å². The molecule has 1 aliphatic heterocycles. The van der Waals surface area contributed by atoms with E-state index in [0.29, 0.717) is 17.1 Å². The Balaban J connectivity index is 1.47. The van der Waals surface area contributed by atoms with Crippen molar-refractivity contribution in [2.45, 2.75) is 20.1 Å².